The Balaban J connectivity index is 1.69. The molecule has 2 atom stereocenters. The van der Waals surface area contributed by atoms with Gasteiger partial charge in [-0.2, -0.15) is 0 Å². The third-order valence-electron chi connectivity index (χ3n) is 4.32. The van der Waals surface area contributed by atoms with Crippen molar-refractivity contribution in [1.82, 2.24) is 14.9 Å². The molecule has 0 spiro atoms. The minimum atomic E-state index is -0.374. The number of hydrogen-bond acceptors (Lipinski definition) is 4. The van der Waals surface area contributed by atoms with E-state index in [2.05, 4.69) is 9.97 Å². The van der Waals surface area contributed by atoms with E-state index in [1.54, 1.807) is 30.2 Å². The van der Waals surface area contributed by atoms with E-state index in [1.807, 2.05) is 24.3 Å². The maximum atomic E-state index is 12.3. The largest absolute Gasteiger partial charge is 0.393 e. The molecular formula is C18H21N3O2. The summed E-state index contributed by atoms with van der Waals surface area (Å²) in [5, 5.41) is 9.71. The summed E-state index contributed by atoms with van der Waals surface area (Å²) in [6.45, 7) is 3.15. The standard InChI is InChI=1S/C18H21N3O2/c1-13(22)14-5-4-10-21(12-14)18(23)9-8-15-11-19-16-6-2-3-7-17(16)20-15/h2-3,6-9,11,13-14,22H,4-5,10,12H2,1H3/b9-8+. The highest BCUT2D eigenvalue weighted by atomic mass is 16.3. The van der Waals surface area contributed by atoms with Gasteiger partial charge in [0.15, 0.2) is 0 Å². The van der Waals surface area contributed by atoms with Crippen LogP contribution in [0.5, 0.6) is 0 Å². The average molecular weight is 311 g/mol. The van der Waals surface area contributed by atoms with Crippen LogP contribution in [0.1, 0.15) is 25.5 Å². The van der Waals surface area contributed by atoms with Crippen molar-refractivity contribution < 1.29 is 9.90 Å². The zero-order valence-corrected chi connectivity index (χ0v) is 13.2. The first-order valence-electron chi connectivity index (χ1n) is 8.00. The van der Waals surface area contributed by atoms with E-state index in [1.165, 1.54) is 0 Å². The van der Waals surface area contributed by atoms with Gasteiger partial charge in [0.1, 0.15) is 0 Å². The molecule has 0 aliphatic carbocycles. The minimum Gasteiger partial charge on any atom is -0.393 e. The van der Waals surface area contributed by atoms with Gasteiger partial charge in [-0.1, -0.05) is 12.1 Å². The lowest BCUT2D eigenvalue weighted by molar-refractivity contribution is -0.128. The van der Waals surface area contributed by atoms with Crippen LogP contribution >= 0.6 is 0 Å². The van der Waals surface area contributed by atoms with Gasteiger partial charge < -0.3 is 10.0 Å². The van der Waals surface area contributed by atoms with Crippen molar-refractivity contribution in [1.29, 1.82) is 0 Å². The second-order valence-corrected chi connectivity index (χ2v) is 6.04. The molecule has 2 unspecified atom stereocenters. The van der Waals surface area contributed by atoms with E-state index >= 15 is 0 Å². The zero-order chi connectivity index (χ0) is 16.2. The Kier molecular flexibility index (Phi) is 4.67. The first kappa shape index (κ1) is 15.6. The molecule has 120 valence electrons. The molecule has 1 fully saturated rings. The molecule has 1 aliphatic heterocycles. The van der Waals surface area contributed by atoms with Crippen molar-refractivity contribution in [3.05, 3.63) is 42.2 Å². The lowest BCUT2D eigenvalue weighted by atomic mass is 9.93. The van der Waals surface area contributed by atoms with Gasteiger partial charge in [-0.05, 0) is 38.0 Å². The molecule has 5 heteroatoms. The predicted molar refractivity (Wildman–Crippen MR) is 89.6 cm³/mol. The van der Waals surface area contributed by atoms with Crippen molar-refractivity contribution in [3.8, 4) is 0 Å². The van der Waals surface area contributed by atoms with Gasteiger partial charge in [0.25, 0.3) is 0 Å². The monoisotopic (exact) mass is 311 g/mol. The molecule has 2 heterocycles. The highest BCUT2D eigenvalue weighted by Crippen LogP contribution is 2.20. The van der Waals surface area contributed by atoms with E-state index in [9.17, 15) is 9.90 Å². The predicted octanol–water partition coefficient (Wildman–Crippen LogP) is 2.26. The number of hydrogen-bond donors (Lipinski definition) is 1. The number of carbonyl (C=O) groups is 1. The lowest BCUT2D eigenvalue weighted by Crippen LogP contribution is -2.42. The number of nitrogens with zero attached hydrogens (tertiary/aromatic N) is 3. The molecule has 0 saturated carbocycles. The van der Waals surface area contributed by atoms with Crippen LogP contribution in [0.25, 0.3) is 17.1 Å². The number of piperidine rings is 1. The maximum absolute atomic E-state index is 12.3. The highest BCUT2D eigenvalue weighted by Gasteiger charge is 2.25. The Bertz CT molecular complexity index is 727. The van der Waals surface area contributed by atoms with Crippen LogP contribution < -0.4 is 0 Å². The van der Waals surface area contributed by atoms with E-state index in [-0.39, 0.29) is 17.9 Å². The van der Waals surface area contributed by atoms with Crippen LogP contribution in [-0.4, -0.2) is 45.1 Å². The van der Waals surface area contributed by atoms with Gasteiger partial charge in [0, 0.05) is 25.1 Å². The van der Waals surface area contributed by atoms with E-state index in [4.69, 9.17) is 0 Å². The van der Waals surface area contributed by atoms with Gasteiger partial charge in [-0.3, -0.25) is 9.78 Å². The first-order valence-corrected chi connectivity index (χ1v) is 8.00. The van der Waals surface area contributed by atoms with Crippen LogP contribution in [0.3, 0.4) is 0 Å². The molecule has 5 nitrogen and oxygen atoms in total. The summed E-state index contributed by atoms with van der Waals surface area (Å²) in [6.07, 6.45) is 6.45. The average Bonchev–Trinajstić information content (AvgIpc) is 2.59. The molecule has 0 radical (unpaired) electrons. The van der Waals surface area contributed by atoms with E-state index in [0.29, 0.717) is 12.2 Å². The van der Waals surface area contributed by atoms with Crippen molar-refractivity contribution in [2.75, 3.05) is 13.1 Å². The van der Waals surface area contributed by atoms with Crippen LogP contribution in [0.2, 0.25) is 0 Å². The van der Waals surface area contributed by atoms with Gasteiger partial charge in [-0.15, -0.1) is 0 Å². The normalized spacial score (nSPS) is 20.1. The molecule has 1 amide bonds. The minimum absolute atomic E-state index is 0.0368. The van der Waals surface area contributed by atoms with Crippen LogP contribution in [0.15, 0.2) is 36.5 Å². The number of para-hydroxylation sites is 2. The number of carbonyl (C=O) groups excluding carboxylic acids is 1. The molecular weight excluding hydrogens is 290 g/mol. The fourth-order valence-corrected chi connectivity index (χ4v) is 2.92. The van der Waals surface area contributed by atoms with Crippen molar-refractivity contribution in [2.24, 2.45) is 5.92 Å². The van der Waals surface area contributed by atoms with Crippen molar-refractivity contribution >= 4 is 23.0 Å². The van der Waals surface area contributed by atoms with Crippen LogP contribution in [0.4, 0.5) is 0 Å². The van der Waals surface area contributed by atoms with Crippen LogP contribution in [0, 0.1) is 5.92 Å². The second kappa shape index (κ2) is 6.87. The Hall–Kier alpha value is -2.27. The van der Waals surface area contributed by atoms with E-state index in [0.717, 1.165) is 30.4 Å². The summed E-state index contributed by atoms with van der Waals surface area (Å²) in [5.74, 6) is 0.131. The van der Waals surface area contributed by atoms with Gasteiger partial charge in [0.05, 0.1) is 29.0 Å². The maximum Gasteiger partial charge on any atom is 0.246 e. The summed E-state index contributed by atoms with van der Waals surface area (Å²) in [6, 6.07) is 7.65. The second-order valence-electron chi connectivity index (χ2n) is 6.04. The molecule has 2 aromatic rings. The number of benzene rings is 1. The van der Waals surface area contributed by atoms with Gasteiger partial charge in [0.2, 0.25) is 5.91 Å². The number of likely N-dealkylation sites (tertiary alicyclic amines) is 1. The summed E-state index contributed by atoms with van der Waals surface area (Å²) >= 11 is 0. The lowest BCUT2D eigenvalue weighted by Gasteiger charge is -2.33. The van der Waals surface area contributed by atoms with Crippen molar-refractivity contribution in [3.63, 3.8) is 0 Å². The molecule has 1 N–H and O–H groups in total. The Morgan fingerprint density at radius 1 is 1.39 bits per heavy atom. The molecule has 1 aromatic heterocycles. The molecule has 3 rings (SSSR count). The van der Waals surface area contributed by atoms with E-state index < -0.39 is 0 Å². The van der Waals surface area contributed by atoms with Gasteiger partial charge >= 0.3 is 0 Å². The Morgan fingerprint density at radius 2 is 2.17 bits per heavy atom. The molecule has 1 aliphatic rings. The summed E-state index contributed by atoms with van der Waals surface area (Å²) in [7, 11) is 0. The number of aliphatic hydroxyl groups excluding tert-OH is 1. The van der Waals surface area contributed by atoms with Crippen LogP contribution in [-0.2, 0) is 4.79 Å². The number of fused-ring (bicyclic) bond motifs is 1. The third kappa shape index (κ3) is 3.74. The summed E-state index contributed by atoms with van der Waals surface area (Å²) in [4.78, 5) is 22.9. The SMILES string of the molecule is CC(O)C1CCCN(C(=O)/C=C/c2cnc3ccccc3n2)C1. The topological polar surface area (TPSA) is 66.3 Å². The summed E-state index contributed by atoms with van der Waals surface area (Å²) in [5.41, 5.74) is 2.32. The number of aliphatic hydroxyl groups is 1. The fourth-order valence-electron chi connectivity index (χ4n) is 2.92. The molecule has 1 saturated heterocycles. The smallest absolute Gasteiger partial charge is 0.246 e. The molecule has 23 heavy (non-hydrogen) atoms. The summed E-state index contributed by atoms with van der Waals surface area (Å²) < 4.78 is 0. The Labute approximate surface area is 135 Å². The highest BCUT2D eigenvalue weighted by molar-refractivity contribution is 5.91. The number of amides is 1. The molecule has 1 aromatic carbocycles. The van der Waals surface area contributed by atoms with Gasteiger partial charge in [-0.25, -0.2) is 4.98 Å². The van der Waals surface area contributed by atoms with Crippen molar-refractivity contribution in [2.45, 2.75) is 25.9 Å². The fraction of sp³-hybridized carbons (Fsp3) is 0.389. The molecule has 0 bridgehead atoms. The zero-order valence-electron chi connectivity index (χ0n) is 13.2. The quantitative estimate of drug-likeness (QED) is 0.883. The first-order chi connectivity index (χ1) is 11.1. The number of rotatable bonds is 3. The number of aromatic nitrogens is 2. The Morgan fingerprint density at radius 3 is 2.96 bits per heavy atom. The third-order valence-corrected chi connectivity index (χ3v) is 4.32.